The van der Waals surface area contributed by atoms with Crippen LogP contribution in [0.25, 0.3) is 0 Å². The molecule has 152 valence electrons. The van der Waals surface area contributed by atoms with E-state index in [1.165, 1.54) is 6.42 Å². The molecule has 2 aliphatic heterocycles. The number of nitriles is 1. The molecule has 3 atom stereocenters. The maximum atomic E-state index is 12.1. The minimum Gasteiger partial charge on any atom is -0.493 e. The zero-order valence-electron chi connectivity index (χ0n) is 16.5. The van der Waals surface area contributed by atoms with Crippen molar-refractivity contribution in [2.24, 2.45) is 11.8 Å². The van der Waals surface area contributed by atoms with Gasteiger partial charge >= 0.3 is 6.03 Å². The fourth-order valence-corrected chi connectivity index (χ4v) is 4.29. The van der Waals surface area contributed by atoms with Crippen LogP contribution in [-0.4, -0.2) is 72.9 Å². The van der Waals surface area contributed by atoms with Gasteiger partial charge in [0.2, 0.25) is 0 Å². The molecule has 0 aromatic heterocycles. The number of hydrogen-bond acceptors (Lipinski definition) is 5. The number of aliphatic hydroxyl groups excluding tert-OH is 1. The Labute approximate surface area is 166 Å². The van der Waals surface area contributed by atoms with E-state index in [0.717, 1.165) is 26.2 Å². The molecule has 7 nitrogen and oxygen atoms in total. The number of amides is 2. The van der Waals surface area contributed by atoms with Gasteiger partial charge in [-0.05, 0) is 49.4 Å². The number of hydrogen-bond donors (Lipinski definition) is 2. The van der Waals surface area contributed by atoms with Gasteiger partial charge in [0.05, 0.1) is 24.3 Å². The number of nitrogens with one attached hydrogen (secondary N) is 1. The molecular weight excluding hydrogens is 356 g/mol. The van der Waals surface area contributed by atoms with Crippen LogP contribution >= 0.6 is 0 Å². The average molecular weight is 386 g/mol. The number of piperidine rings is 2. The molecule has 28 heavy (non-hydrogen) atoms. The van der Waals surface area contributed by atoms with Crippen LogP contribution in [-0.2, 0) is 0 Å². The van der Waals surface area contributed by atoms with Crippen LogP contribution in [0.4, 0.5) is 4.79 Å². The number of likely N-dealkylation sites (tertiary alicyclic amines) is 2. The van der Waals surface area contributed by atoms with E-state index < -0.39 is 6.10 Å². The molecule has 0 aliphatic carbocycles. The molecule has 3 unspecified atom stereocenters. The van der Waals surface area contributed by atoms with E-state index in [1.54, 1.807) is 24.3 Å². The molecule has 1 aromatic rings. The van der Waals surface area contributed by atoms with E-state index in [1.807, 2.05) is 11.8 Å². The SMILES string of the molecule is CCNC(=O)N1CC2CC(CN(CC(O)CCOc3ccc(C#N)cc3)C2)C1. The number of nitrogens with zero attached hydrogens (tertiary/aromatic N) is 3. The van der Waals surface area contributed by atoms with Gasteiger partial charge in [-0.1, -0.05) is 0 Å². The summed E-state index contributed by atoms with van der Waals surface area (Å²) in [6, 6.07) is 9.13. The first-order valence-electron chi connectivity index (χ1n) is 10.1. The van der Waals surface area contributed by atoms with Crippen molar-refractivity contribution in [1.29, 1.82) is 5.26 Å². The van der Waals surface area contributed by atoms with E-state index in [-0.39, 0.29) is 6.03 Å². The maximum Gasteiger partial charge on any atom is 0.317 e. The monoisotopic (exact) mass is 386 g/mol. The molecule has 2 N–H and O–H groups in total. The normalized spacial score (nSPS) is 23.0. The van der Waals surface area contributed by atoms with Gasteiger partial charge in [-0.25, -0.2) is 4.79 Å². The van der Waals surface area contributed by atoms with Crippen LogP contribution in [0, 0.1) is 23.2 Å². The first kappa shape index (κ1) is 20.4. The number of benzene rings is 1. The Morgan fingerprint density at radius 3 is 2.57 bits per heavy atom. The predicted octanol–water partition coefficient (Wildman–Crippen LogP) is 1.67. The summed E-state index contributed by atoms with van der Waals surface area (Å²) in [6.45, 7) is 7.15. The molecule has 7 heteroatoms. The van der Waals surface area contributed by atoms with Gasteiger partial charge in [0, 0.05) is 45.7 Å². The van der Waals surface area contributed by atoms with Gasteiger partial charge < -0.3 is 25.0 Å². The quantitative estimate of drug-likeness (QED) is 0.744. The fourth-order valence-electron chi connectivity index (χ4n) is 4.29. The number of rotatable bonds is 7. The molecule has 2 heterocycles. The third-order valence-corrected chi connectivity index (χ3v) is 5.44. The molecule has 2 fully saturated rings. The van der Waals surface area contributed by atoms with Gasteiger partial charge in [-0.3, -0.25) is 0 Å². The third-order valence-electron chi connectivity index (χ3n) is 5.44. The van der Waals surface area contributed by atoms with Crippen LogP contribution in [0.1, 0.15) is 25.3 Å². The Hall–Kier alpha value is -2.30. The number of ether oxygens (including phenoxy) is 1. The summed E-state index contributed by atoms with van der Waals surface area (Å²) in [5, 5.41) is 22.1. The van der Waals surface area contributed by atoms with Gasteiger partial charge in [0.25, 0.3) is 0 Å². The van der Waals surface area contributed by atoms with Crippen molar-refractivity contribution in [3.8, 4) is 11.8 Å². The second-order valence-electron chi connectivity index (χ2n) is 7.85. The predicted molar refractivity (Wildman–Crippen MR) is 106 cm³/mol. The number of carbonyl (C=O) groups excluding carboxylic acids is 1. The third kappa shape index (κ3) is 5.60. The van der Waals surface area contributed by atoms with Crippen LogP contribution in [0.15, 0.2) is 24.3 Å². The Kier molecular flexibility index (Phi) is 7.12. The molecule has 0 radical (unpaired) electrons. The Bertz CT molecular complexity index is 674. The summed E-state index contributed by atoms with van der Waals surface area (Å²) in [7, 11) is 0. The lowest BCUT2D eigenvalue weighted by Gasteiger charge is -2.46. The summed E-state index contributed by atoms with van der Waals surface area (Å²) in [4.78, 5) is 16.4. The molecular formula is C21H30N4O3. The molecule has 3 rings (SSSR count). The highest BCUT2D eigenvalue weighted by atomic mass is 16.5. The van der Waals surface area contributed by atoms with Crippen molar-refractivity contribution in [3.05, 3.63) is 29.8 Å². The van der Waals surface area contributed by atoms with Crippen LogP contribution < -0.4 is 10.1 Å². The number of aliphatic hydroxyl groups is 1. The minimum atomic E-state index is -0.434. The van der Waals surface area contributed by atoms with Gasteiger partial charge in [0.1, 0.15) is 5.75 Å². The first-order chi connectivity index (χ1) is 13.6. The highest BCUT2D eigenvalue weighted by Gasteiger charge is 2.36. The summed E-state index contributed by atoms with van der Waals surface area (Å²) >= 11 is 0. The van der Waals surface area contributed by atoms with Crippen molar-refractivity contribution >= 4 is 6.03 Å². The number of carbonyl (C=O) groups is 1. The number of fused-ring (bicyclic) bond motifs is 2. The van der Waals surface area contributed by atoms with Crippen molar-refractivity contribution in [2.45, 2.75) is 25.9 Å². The topological polar surface area (TPSA) is 88.8 Å². The summed E-state index contributed by atoms with van der Waals surface area (Å²) in [5.74, 6) is 1.68. The first-order valence-corrected chi connectivity index (χ1v) is 10.1. The van der Waals surface area contributed by atoms with Crippen molar-refractivity contribution in [1.82, 2.24) is 15.1 Å². The maximum absolute atomic E-state index is 12.1. The molecule has 2 aliphatic rings. The Morgan fingerprint density at radius 2 is 1.96 bits per heavy atom. The summed E-state index contributed by atoms with van der Waals surface area (Å²) in [6.07, 6.45) is 1.30. The molecule has 0 spiro atoms. The van der Waals surface area contributed by atoms with Gasteiger partial charge in [-0.15, -0.1) is 0 Å². The average Bonchev–Trinajstić information content (AvgIpc) is 2.68. The smallest absolute Gasteiger partial charge is 0.317 e. The lowest BCUT2D eigenvalue weighted by molar-refractivity contribution is 0.0162. The van der Waals surface area contributed by atoms with Crippen LogP contribution in [0.5, 0.6) is 5.75 Å². The zero-order valence-corrected chi connectivity index (χ0v) is 16.5. The summed E-state index contributed by atoms with van der Waals surface area (Å²) in [5.41, 5.74) is 0.605. The molecule has 1 aromatic carbocycles. The minimum absolute atomic E-state index is 0.0469. The Morgan fingerprint density at radius 1 is 1.29 bits per heavy atom. The molecule has 2 amide bonds. The lowest BCUT2D eigenvalue weighted by Crippen LogP contribution is -2.56. The number of β-amino-alcohol motifs (C(OH)–C–C–N with tert-alkyl or cyclic N) is 1. The van der Waals surface area contributed by atoms with Crippen molar-refractivity contribution in [2.75, 3.05) is 45.9 Å². The Balaban J connectivity index is 1.39. The highest BCUT2D eigenvalue weighted by molar-refractivity contribution is 5.74. The van der Waals surface area contributed by atoms with E-state index in [2.05, 4.69) is 16.3 Å². The second kappa shape index (κ2) is 9.76. The van der Waals surface area contributed by atoms with Crippen LogP contribution in [0.2, 0.25) is 0 Å². The fraction of sp³-hybridized carbons (Fsp3) is 0.619. The van der Waals surface area contributed by atoms with Gasteiger partial charge in [0.15, 0.2) is 0 Å². The lowest BCUT2D eigenvalue weighted by atomic mass is 9.84. The molecule has 2 saturated heterocycles. The zero-order chi connectivity index (χ0) is 19.9. The summed E-state index contributed by atoms with van der Waals surface area (Å²) < 4.78 is 5.66. The van der Waals surface area contributed by atoms with E-state index in [0.29, 0.717) is 49.3 Å². The van der Waals surface area contributed by atoms with Crippen molar-refractivity contribution < 1.29 is 14.6 Å². The van der Waals surface area contributed by atoms with E-state index in [4.69, 9.17) is 10.00 Å². The number of urea groups is 1. The van der Waals surface area contributed by atoms with Crippen LogP contribution in [0.3, 0.4) is 0 Å². The second-order valence-corrected chi connectivity index (χ2v) is 7.85. The highest BCUT2D eigenvalue weighted by Crippen LogP contribution is 2.28. The van der Waals surface area contributed by atoms with E-state index in [9.17, 15) is 9.90 Å². The largest absolute Gasteiger partial charge is 0.493 e. The molecule has 0 saturated carbocycles. The van der Waals surface area contributed by atoms with E-state index >= 15 is 0 Å². The molecule has 2 bridgehead atoms. The van der Waals surface area contributed by atoms with Crippen molar-refractivity contribution in [3.63, 3.8) is 0 Å². The van der Waals surface area contributed by atoms with Gasteiger partial charge in [-0.2, -0.15) is 5.26 Å². The standard InChI is InChI=1S/C21H30N4O3/c1-2-23-21(27)25-13-17-9-18(14-25)12-24(11-17)15-19(26)7-8-28-20-5-3-16(10-22)4-6-20/h3-6,17-19,26H,2,7-9,11-15H2,1H3,(H,23,27).